The first-order valence-corrected chi connectivity index (χ1v) is 6.01. The van der Waals surface area contributed by atoms with Gasteiger partial charge in [-0.05, 0) is 14.0 Å². The van der Waals surface area contributed by atoms with E-state index in [0.29, 0.717) is 19.6 Å². The molecule has 1 saturated heterocycles. The molecule has 1 aliphatic heterocycles. The van der Waals surface area contributed by atoms with Crippen LogP contribution in [-0.2, 0) is 9.59 Å². The lowest BCUT2D eigenvalue weighted by Gasteiger charge is -2.37. The van der Waals surface area contributed by atoms with Gasteiger partial charge in [-0.3, -0.25) is 4.79 Å². The van der Waals surface area contributed by atoms with Gasteiger partial charge in [0, 0.05) is 25.7 Å². The highest BCUT2D eigenvalue weighted by Gasteiger charge is 2.28. The Balaban J connectivity index is 2.57. The van der Waals surface area contributed by atoms with Crippen LogP contribution < -0.4 is 5.32 Å². The number of rotatable bonds is 4. The smallest absolute Gasteiger partial charge is 0.326 e. The van der Waals surface area contributed by atoms with E-state index in [1.54, 1.807) is 0 Å². The number of amides is 2. The maximum absolute atomic E-state index is 11.9. The van der Waals surface area contributed by atoms with E-state index < -0.39 is 30.4 Å². The highest BCUT2D eigenvalue weighted by molar-refractivity contribution is 5.86. The molecule has 8 heteroatoms. The molecule has 108 valence electrons. The van der Waals surface area contributed by atoms with Crippen molar-refractivity contribution in [2.24, 2.45) is 0 Å². The monoisotopic (exact) mass is 273 g/mol. The van der Waals surface area contributed by atoms with E-state index >= 15 is 0 Å². The van der Waals surface area contributed by atoms with Crippen molar-refractivity contribution in [1.82, 2.24) is 15.1 Å². The fourth-order valence-electron chi connectivity index (χ4n) is 1.85. The van der Waals surface area contributed by atoms with E-state index in [1.807, 2.05) is 14.0 Å². The van der Waals surface area contributed by atoms with Crippen LogP contribution >= 0.6 is 0 Å². The summed E-state index contributed by atoms with van der Waals surface area (Å²) in [5.41, 5.74) is 0. The predicted molar refractivity (Wildman–Crippen MR) is 65.9 cm³/mol. The molecular weight excluding hydrogens is 254 g/mol. The second-order valence-electron chi connectivity index (χ2n) is 4.71. The van der Waals surface area contributed by atoms with Gasteiger partial charge in [0.15, 0.2) is 0 Å². The molecule has 0 radical (unpaired) electrons. The SMILES string of the molecule is CC1CN(C(=O)N[C@@H](CC(=O)O)C(=O)O)CCN1C. The minimum Gasteiger partial charge on any atom is -0.481 e. The minimum absolute atomic E-state index is 0.183. The largest absolute Gasteiger partial charge is 0.481 e. The van der Waals surface area contributed by atoms with Crippen LogP contribution in [0.1, 0.15) is 13.3 Å². The molecule has 1 rings (SSSR count). The molecule has 1 heterocycles. The quantitative estimate of drug-likeness (QED) is 0.622. The van der Waals surface area contributed by atoms with Crippen LogP contribution in [0.2, 0.25) is 0 Å². The van der Waals surface area contributed by atoms with Crippen LogP contribution in [0.25, 0.3) is 0 Å². The molecule has 1 aliphatic rings. The molecule has 0 bridgehead atoms. The lowest BCUT2D eigenvalue weighted by atomic mass is 10.2. The number of hydrogen-bond donors (Lipinski definition) is 3. The van der Waals surface area contributed by atoms with Gasteiger partial charge in [0.2, 0.25) is 0 Å². The first kappa shape index (κ1) is 15.2. The van der Waals surface area contributed by atoms with E-state index in [0.717, 1.165) is 0 Å². The van der Waals surface area contributed by atoms with Crippen molar-refractivity contribution in [2.45, 2.75) is 25.4 Å². The summed E-state index contributed by atoms with van der Waals surface area (Å²) < 4.78 is 0. The van der Waals surface area contributed by atoms with E-state index in [4.69, 9.17) is 10.2 Å². The summed E-state index contributed by atoms with van der Waals surface area (Å²) in [6.07, 6.45) is -0.635. The maximum atomic E-state index is 11.9. The summed E-state index contributed by atoms with van der Waals surface area (Å²) in [7, 11) is 1.95. The molecule has 0 aromatic heterocycles. The Hall–Kier alpha value is -1.83. The molecule has 1 fully saturated rings. The number of carboxylic acids is 2. The fraction of sp³-hybridized carbons (Fsp3) is 0.727. The number of carboxylic acid groups (broad SMARTS) is 2. The molecule has 0 aliphatic carbocycles. The lowest BCUT2D eigenvalue weighted by Crippen LogP contribution is -2.56. The summed E-state index contributed by atoms with van der Waals surface area (Å²) >= 11 is 0. The van der Waals surface area contributed by atoms with Crippen LogP contribution in [0.4, 0.5) is 4.79 Å². The topological polar surface area (TPSA) is 110 Å². The van der Waals surface area contributed by atoms with Gasteiger partial charge in [0.25, 0.3) is 0 Å². The molecule has 0 aromatic carbocycles. The lowest BCUT2D eigenvalue weighted by molar-refractivity contribution is -0.145. The highest BCUT2D eigenvalue weighted by atomic mass is 16.4. The summed E-state index contributed by atoms with van der Waals surface area (Å²) in [4.78, 5) is 36.9. The van der Waals surface area contributed by atoms with Crippen LogP contribution in [0.5, 0.6) is 0 Å². The van der Waals surface area contributed by atoms with E-state index in [-0.39, 0.29) is 6.04 Å². The third-order valence-corrected chi connectivity index (χ3v) is 3.22. The number of hydrogen-bond acceptors (Lipinski definition) is 4. The number of likely N-dealkylation sites (N-methyl/N-ethyl adjacent to an activating group) is 1. The van der Waals surface area contributed by atoms with Crippen molar-refractivity contribution >= 4 is 18.0 Å². The first-order valence-electron chi connectivity index (χ1n) is 6.01. The number of piperazine rings is 1. The second-order valence-corrected chi connectivity index (χ2v) is 4.71. The molecule has 0 aromatic rings. The summed E-state index contributed by atoms with van der Waals surface area (Å²) in [5, 5.41) is 19.7. The number of nitrogens with zero attached hydrogens (tertiary/aromatic N) is 2. The summed E-state index contributed by atoms with van der Waals surface area (Å²) in [5.74, 6) is -2.61. The molecule has 2 amide bonds. The van der Waals surface area contributed by atoms with Crippen molar-refractivity contribution in [2.75, 3.05) is 26.7 Å². The Kier molecular flexibility index (Phi) is 5.11. The third kappa shape index (κ3) is 4.40. The van der Waals surface area contributed by atoms with Crippen LogP contribution in [-0.4, -0.2) is 76.7 Å². The Morgan fingerprint density at radius 3 is 2.42 bits per heavy atom. The molecular formula is C11H19N3O5. The minimum atomic E-state index is -1.40. The van der Waals surface area contributed by atoms with E-state index in [1.165, 1.54) is 4.90 Å². The standard InChI is InChI=1S/C11H19N3O5/c1-7-6-14(4-3-13(7)2)11(19)12-8(10(17)18)5-9(15)16/h7-8H,3-6H2,1-2H3,(H,12,19)(H,15,16)(H,17,18)/t7?,8-/m0/s1. The van der Waals surface area contributed by atoms with Crippen LogP contribution in [0.15, 0.2) is 0 Å². The number of carbonyl (C=O) groups excluding carboxylic acids is 1. The zero-order chi connectivity index (χ0) is 14.6. The van der Waals surface area contributed by atoms with Gasteiger partial charge < -0.3 is 25.3 Å². The van der Waals surface area contributed by atoms with Crippen LogP contribution in [0, 0.1) is 0 Å². The summed E-state index contributed by atoms with van der Waals surface area (Å²) in [6, 6.07) is -1.75. The Morgan fingerprint density at radius 2 is 1.95 bits per heavy atom. The fourth-order valence-corrected chi connectivity index (χ4v) is 1.85. The van der Waals surface area contributed by atoms with E-state index in [9.17, 15) is 14.4 Å². The predicted octanol–water partition coefficient (Wildman–Crippen LogP) is -0.740. The van der Waals surface area contributed by atoms with Crippen LogP contribution in [0.3, 0.4) is 0 Å². The molecule has 19 heavy (non-hydrogen) atoms. The molecule has 0 saturated carbocycles. The average molecular weight is 273 g/mol. The molecule has 2 atom stereocenters. The molecule has 3 N–H and O–H groups in total. The molecule has 1 unspecified atom stereocenters. The number of aliphatic carboxylic acids is 2. The van der Waals surface area contributed by atoms with Gasteiger partial charge in [-0.15, -0.1) is 0 Å². The Labute approximate surface area is 111 Å². The van der Waals surface area contributed by atoms with E-state index in [2.05, 4.69) is 10.2 Å². The Morgan fingerprint density at radius 1 is 1.32 bits per heavy atom. The van der Waals surface area contributed by atoms with Crippen molar-refractivity contribution < 1.29 is 24.6 Å². The van der Waals surface area contributed by atoms with Gasteiger partial charge in [-0.25, -0.2) is 9.59 Å². The normalized spacial score (nSPS) is 21.8. The molecule has 8 nitrogen and oxygen atoms in total. The van der Waals surface area contributed by atoms with Gasteiger partial charge in [0.1, 0.15) is 6.04 Å². The zero-order valence-electron chi connectivity index (χ0n) is 11.0. The van der Waals surface area contributed by atoms with Crippen molar-refractivity contribution in [3.05, 3.63) is 0 Å². The number of nitrogens with one attached hydrogen (secondary N) is 1. The van der Waals surface area contributed by atoms with Gasteiger partial charge in [0.05, 0.1) is 6.42 Å². The van der Waals surface area contributed by atoms with Gasteiger partial charge in [-0.1, -0.05) is 0 Å². The van der Waals surface area contributed by atoms with Crippen molar-refractivity contribution in [1.29, 1.82) is 0 Å². The van der Waals surface area contributed by atoms with Gasteiger partial charge >= 0.3 is 18.0 Å². The Bertz CT molecular complexity index is 373. The number of urea groups is 1. The third-order valence-electron chi connectivity index (χ3n) is 3.22. The van der Waals surface area contributed by atoms with Gasteiger partial charge in [-0.2, -0.15) is 0 Å². The maximum Gasteiger partial charge on any atom is 0.326 e. The summed E-state index contributed by atoms with van der Waals surface area (Å²) in [6.45, 7) is 3.64. The zero-order valence-corrected chi connectivity index (χ0v) is 11.0. The van der Waals surface area contributed by atoms with Crippen molar-refractivity contribution in [3.63, 3.8) is 0 Å². The average Bonchev–Trinajstić information content (AvgIpc) is 2.31. The highest BCUT2D eigenvalue weighted by Crippen LogP contribution is 2.07. The number of carbonyl (C=O) groups is 3. The van der Waals surface area contributed by atoms with Crippen molar-refractivity contribution in [3.8, 4) is 0 Å². The second kappa shape index (κ2) is 6.37. The first-order chi connectivity index (χ1) is 8.81. The molecule has 0 spiro atoms.